The second kappa shape index (κ2) is 11.3. The van der Waals surface area contributed by atoms with Crippen molar-refractivity contribution >= 4 is 46.2 Å². The summed E-state index contributed by atoms with van der Waals surface area (Å²) in [5.74, 6) is 2.10. The molecule has 0 saturated carbocycles. The second-order valence-corrected chi connectivity index (χ2v) is 8.10. The van der Waals surface area contributed by atoms with Crippen LogP contribution in [0.5, 0.6) is 17.2 Å². The quantitative estimate of drug-likeness (QED) is 0.367. The number of anilines is 1. The average Bonchev–Trinajstić information content (AvgIpc) is 2.81. The van der Waals surface area contributed by atoms with Crippen molar-refractivity contribution in [1.29, 1.82) is 0 Å². The van der Waals surface area contributed by atoms with Gasteiger partial charge >= 0.3 is 0 Å². The van der Waals surface area contributed by atoms with E-state index in [4.69, 9.17) is 49.6 Å². The Kier molecular flexibility index (Phi) is 8.45. The summed E-state index contributed by atoms with van der Waals surface area (Å²) in [6, 6.07) is 18.8. The molecular formula is C24H24Cl2N2O3S. The maximum Gasteiger partial charge on any atom is 0.174 e. The Balaban J connectivity index is 1.89. The molecule has 0 aromatic heterocycles. The summed E-state index contributed by atoms with van der Waals surface area (Å²) < 4.78 is 16.0. The van der Waals surface area contributed by atoms with Gasteiger partial charge in [0.2, 0.25) is 0 Å². The van der Waals surface area contributed by atoms with Gasteiger partial charge in [-0.1, -0.05) is 41.4 Å². The molecule has 3 aromatic rings. The van der Waals surface area contributed by atoms with Crippen LogP contribution < -0.4 is 19.5 Å². The second-order valence-electron chi connectivity index (χ2n) is 6.90. The summed E-state index contributed by atoms with van der Waals surface area (Å²) in [4.78, 5) is 1.99. The number of ether oxygens (including phenoxy) is 3. The number of thiocarbonyl (C=S) groups is 1. The molecule has 0 aliphatic heterocycles. The van der Waals surface area contributed by atoms with Gasteiger partial charge in [-0.2, -0.15) is 0 Å². The van der Waals surface area contributed by atoms with E-state index in [1.165, 1.54) is 0 Å². The number of halogens is 2. The van der Waals surface area contributed by atoms with Gasteiger partial charge in [-0.3, -0.25) is 0 Å². The van der Waals surface area contributed by atoms with Gasteiger partial charge in [0.05, 0.1) is 27.0 Å². The molecule has 0 aliphatic rings. The normalized spacial score (nSPS) is 10.4. The standard InChI is InChI=1S/C24H24Cl2N2O3S/c1-29-17-9-7-16(8-10-17)14-28(15-19-20(25)5-4-6-21(19)26)24(32)27-22-12-11-18(30-2)13-23(22)31-3/h4-13H,14-15H2,1-3H3,(H,27,32). The first-order valence-electron chi connectivity index (χ1n) is 9.79. The van der Waals surface area contributed by atoms with Crippen molar-refractivity contribution in [2.75, 3.05) is 26.6 Å². The van der Waals surface area contributed by atoms with Gasteiger partial charge in [0.25, 0.3) is 0 Å². The van der Waals surface area contributed by atoms with Crippen LogP contribution in [0.2, 0.25) is 10.0 Å². The van der Waals surface area contributed by atoms with Gasteiger partial charge in [-0.25, -0.2) is 0 Å². The Morgan fingerprint density at radius 2 is 1.47 bits per heavy atom. The maximum absolute atomic E-state index is 6.44. The number of nitrogens with one attached hydrogen (secondary N) is 1. The van der Waals surface area contributed by atoms with E-state index in [9.17, 15) is 0 Å². The van der Waals surface area contributed by atoms with E-state index in [1.54, 1.807) is 27.4 Å². The molecule has 0 unspecified atom stereocenters. The van der Waals surface area contributed by atoms with Gasteiger partial charge in [0.15, 0.2) is 5.11 Å². The molecule has 0 amide bonds. The number of benzene rings is 3. The smallest absolute Gasteiger partial charge is 0.174 e. The molecule has 0 bridgehead atoms. The fourth-order valence-electron chi connectivity index (χ4n) is 3.12. The van der Waals surface area contributed by atoms with Crippen LogP contribution in [0.3, 0.4) is 0 Å². The Morgan fingerprint density at radius 3 is 2.06 bits per heavy atom. The molecule has 0 heterocycles. The first-order chi connectivity index (χ1) is 15.4. The lowest BCUT2D eigenvalue weighted by molar-refractivity contribution is 0.394. The molecule has 32 heavy (non-hydrogen) atoms. The third kappa shape index (κ3) is 5.97. The van der Waals surface area contributed by atoms with Gasteiger partial charge in [0, 0.05) is 34.8 Å². The predicted molar refractivity (Wildman–Crippen MR) is 134 cm³/mol. The van der Waals surface area contributed by atoms with E-state index in [-0.39, 0.29) is 0 Å². The summed E-state index contributed by atoms with van der Waals surface area (Å²) in [7, 11) is 4.85. The molecule has 168 valence electrons. The SMILES string of the molecule is COc1ccc(CN(Cc2c(Cl)cccc2Cl)C(=S)Nc2ccc(OC)cc2OC)cc1. The molecule has 3 rings (SSSR count). The van der Waals surface area contributed by atoms with Gasteiger partial charge in [0.1, 0.15) is 17.2 Å². The van der Waals surface area contributed by atoms with Crippen molar-refractivity contribution in [2.45, 2.75) is 13.1 Å². The number of nitrogens with zero attached hydrogens (tertiary/aromatic N) is 1. The van der Waals surface area contributed by atoms with E-state index in [2.05, 4.69) is 5.32 Å². The van der Waals surface area contributed by atoms with Crippen LogP contribution in [0, 0.1) is 0 Å². The van der Waals surface area contributed by atoms with Crippen LogP contribution >= 0.6 is 35.4 Å². The zero-order chi connectivity index (χ0) is 23.1. The van der Waals surface area contributed by atoms with Crippen molar-refractivity contribution in [3.8, 4) is 17.2 Å². The maximum atomic E-state index is 6.44. The minimum Gasteiger partial charge on any atom is -0.497 e. The van der Waals surface area contributed by atoms with Gasteiger partial charge < -0.3 is 24.4 Å². The highest BCUT2D eigenvalue weighted by Crippen LogP contribution is 2.31. The van der Waals surface area contributed by atoms with E-state index in [0.29, 0.717) is 39.7 Å². The third-order valence-corrected chi connectivity index (χ3v) is 5.95. The van der Waals surface area contributed by atoms with Crippen LogP contribution in [0.15, 0.2) is 60.7 Å². The Labute approximate surface area is 203 Å². The molecule has 0 radical (unpaired) electrons. The van der Waals surface area contributed by atoms with Crippen LogP contribution in [0.4, 0.5) is 5.69 Å². The zero-order valence-electron chi connectivity index (χ0n) is 18.0. The summed E-state index contributed by atoms with van der Waals surface area (Å²) in [6.45, 7) is 0.963. The highest BCUT2D eigenvalue weighted by atomic mass is 35.5. The Hall–Kier alpha value is -2.67. The van der Waals surface area contributed by atoms with Crippen LogP contribution in [0.1, 0.15) is 11.1 Å². The predicted octanol–water partition coefficient (Wildman–Crippen LogP) is 6.42. The van der Waals surface area contributed by atoms with E-state index in [1.807, 2.05) is 59.5 Å². The van der Waals surface area contributed by atoms with E-state index >= 15 is 0 Å². The van der Waals surface area contributed by atoms with Crippen molar-refractivity contribution in [1.82, 2.24) is 4.90 Å². The lowest BCUT2D eigenvalue weighted by Crippen LogP contribution is -2.34. The topological polar surface area (TPSA) is 43.0 Å². The molecule has 0 saturated heterocycles. The number of hydrogen-bond donors (Lipinski definition) is 1. The lowest BCUT2D eigenvalue weighted by atomic mass is 10.1. The summed E-state index contributed by atoms with van der Waals surface area (Å²) in [5, 5.41) is 4.95. The van der Waals surface area contributed by atoms with Crippen LogP contribution in [-0.2, 0) is 13.1 Å². The van der Waals surface area contributed by atoms with Gasteiger partial charge in [-0.05, 0) is 54.2 Å². The molecular weight excluding hydrogens is 467 g/mol. The zero-order valence-corrected chi connectivity index (χ0v) is 20.4. The Bertz CT molecular complexity index is 1060. The Morgan fingerprint density at radius 1 is 0.844 bits per heavy atom. The fourth-order valence-corrected chi connectivity index (χ4v) is 3.88. The third-order valence-electron chi connectivity index (χ3n) is 4.88. The number of methoxy groups -OCH3 is 3. The summed E-state index contributed by atoms with van der Waals surface area (Å²) in [6.07, 6.45) is 0. The molecule has 0 spiro atoms. The van der Waals surface area contributed by atoms with Gasteiger partial charge in [-0.15, -0.1) is 0 Å². The van der Waals surface area contributed by atoms with Crippen molar-refractivity contribution < 1.29 is 14.2 Å². The molecule has 8 heteroatoms. The van der Waals surface area contributed by atoms with Crippen LogP contribution in [0.25, 0.3) is 0 Å². The highest BCUT2D eigenvalue weighted by Gasteiger charge is 2.17. The number of rotatable bonds is 8. The van der Waals surface area contributed by atoms with Crippen molar-refractivity contribution in [3.63, 3.8) is 0 Å². The van der Waals surface area contributed by atoms with E-state index < -0.39 is 0 Å². The molecule has 0 atom stereocenters. The monoisotopic (exact) mass is 490 g/mol. The average molecular weight is 491 g/mol. The minimum atomic E-state index is 0.425. The lowest BCUT2D eigenvalue weighted by Gasteiger charge is -2.27. The molecule has 0 fully saturated rings. The highest BCUT2D eigenvalue weighted by molar-refractivity contribution is 7.80. The summed E-state index contributed by atoms with van der Waals surface area (Å²) >= 11 is 18.7. The largest absolute Gasteiger partial charge is 0.497 e. The molecule has 1 N–H and O–H groups in total. The summed E-state index contributed by atoms with van der Waals surface area (Å²) in [5.41, 5.74) is 2.58. The molecule has 5 nitrogen and oxygen atoms in total. The number of hydrogen-bond acceptors (Lipinski definition) is 4. The van der Waals surface area contributed by atoms with Crippen molar-refractivity contribution in [2.24, 2.45) is 0 Å². The molecule has 0 aliphatic carbocycles. The first-order valence-corrected chi connectivity index (χ1v) is 10.9. The van der Waals surface area contributed by atoms with Crippen LogP contribution in [-0.4, -0.2) is 31.3 Å². The minimum absolute atomic E-state index is 0.425. The first kappa shape index (κ1) is 24.0. The van der Waals surface area contributed by atoms with E-state index in [0.717, 1.165) is 22.6 Å². The van der Waals surface area contributed by atoms with Crippen molar-refractivity contribution in [3.05, 3.63) is 81.8 Å². The fraction of sp³-hybridized carbons (Fsp3) is 0.208. The molecule has 3 aromatic carbocycles.